The van der Waals surface area contributed by atoms with E-state index in [0.29, 0.717) is 17.3 Å². The summed E-state index contributed by atoms with van der Waals surface area (Å²) in [6.07, 6.45) is -4.29. The lowest BCUT2D eigenvalue weighted by Crippen LogP contribution is -2.11. The minimum Gasteiger partial charge on any atom is -0.294 e. The quantitative estimate of drug-likeness (QED) is 0.467. The van der Waals surface area contributed by atoms with Gasteiger partial charge < -0.3 is 0 Å². The molecule has 0 aliphatic rings. The third kappa shape index (κ3) is 4.03. The molecule has 1 rings (SSSR count). The highest BCUT2D eigenvalue weighted by atomic mass is 32.2. The molecule has 0 aliphatic heterocycles. The van der Waals surface area contributed by atoms with Crippen molar-refractivity contribution in [2.75, 3.05) is 5.75 Å². The molecule has 0 N–H and O–H groups in total. The molecule has 0 atom stereocenters. The predicted molar refractivity (Wildman–Crippen MR) is 57.9 cm³/mol. The van der Waals surface area contributed by atoms with E-state index in [1.165, 1.54) is 19.9 Å². The van der Waals surface area contributed by atoms with Crippen LogP contribution in [0.5, 0.6) is 0 Å². The van der Waals surface area contributed by atoms with Gasteiger partial charge in [-0.2, -0.15) is 13.2 Å². The normalized spacial score (nSPS) is 11.6. The van der Waals surface area contributed by atoms with Gasteiger partial charge >= 0.3 is 6.18 Å². The Morgan fingerprint density at radius 3 is 2.41 bits per heavy atom. The molecule has 0 spiro atoms. The molecular formula is C11H10F4OS. The molecule has 6 heteroatoms. The van der Waals surface area contributed by atoms with Crippen molar-refractivity contribution in [3.63, 3.8) is 0 Å². The summed E-state index contributed by atoms with van der Waals surface area (Å²) in [6.45, 7) is 2.68. The van der Waals surface area contributed by atoms with E-state index in [-0.39, 0.29) is 10.5 Å². The van der Waals surface area contributed by atoms with Gasteiger partial charge in [-0.1, -0.05) is 0 Å². The average Bonchev–Trinajstić information content (AvgIpc) is 2.14. The minimum atomic E-state index is -4.29. The summed E-state index contributed by atoms with van der Waals surface area (Å²) in [4.78, 5) is 11.3. The fraction of sp³-hybridized carbons (Fsp3) is 0.364. The molecule has 1 aromatic carbocycles. The second-order valence-corrected chi connectivity index (χ2v) is 4.57. The van der Waals surface area contributed by atoms with Gasteiger partial charge in [-0.15, -0.1) is 11.8 Å². The Morgan fingerprint density at radius 1 is 1.35 bits per heavy atom. The molecule has 17 heavy (non-hydrogen) atoms. The summed E-state index contributed by atoms with van der Waals surface area (Å²) in [5.74, 6) is -2.26. The Kier molecular flexibility index (Phi) is 4.19. The van der Waals surface area contributed by atoms with Crippen molar-refractivity contribution in [3.05, 3.63) is 29.1 Å². The van der Waals surface area contributed by atoms with E-state index in [9.17, 15) is 22.4 Å². The zero-order valence-corrected chi connectivity index (χ0v) is 10.0. The molecule has 0 aliphatic carbocycles. The highest BCUT2D eigenvalue weighted by molar-refractivity contribution is 7.99. The van der Waals surface area contributed by atoms with E-state index in [1.54, 1.807) is 0 Å². The fourth-order valence-electron chi connectivity index (χ4n) is 1.24. The van der Waals surface area contributed by atoms with E-state index in [2.05, 4.69) is 0 Å². The number of benzene rings is 1. The van der Waals surface area contributed by atoms with Gasteiger partial charge in [0.25, 0.3) is 0 Å². The summed E-state index contributed by atoms with van der Waals surface area (Å²) in [5.41, 5.74) is 0.210. The molecule has 0 fully saturated rings. The molecule has 0 bridgehead atoms. The maximum atomic E-state index is 13.3. The van der Waals surface area contributed by atoms with Crippen molar-refractivity contribution >= 4 is 17.5 Å². The number of rotatable bonds is 3. The molecule has 0 radical (unpaired) electrons. The van der Waals surface area contributed by atoms with Crippen LogP contribution in [-0.4, -0.2) is 17.7 Å². The number of hydrogen-bond acceptors (Lipinski definition) is 2. The molecule has 0 heterocycles. The Hall–Kier alpha value is -1.04. The molecule has 0 saturated carbocycles. The molecule has 0 saturated heterocycles. The summed E-state index contributed by atoms with van der Waals surface area (Å²) in [6, 6.07) is 2.25. The zero-order valence-electron chi connectivity index (χ0n) is 9.19. The van der Waals surface area contributed by atoms with Crippen LogP contribution in [0.2, 0.25) is 0 Å². The first kappa shape index (κ1) is 14.0. The molecule has 1 nitrogen and oxygen atoms in total. The van der Waals surface area contributed by atoms with Crippen molar-refractivity contribution in [1.82, 2.24) is 0 Å². The Labute approximate surface area is 100 Å². The van der Waals surface area contributed by atoms with Crippen LogP contribution in [0.3, 0.4) is 0 Å². The fourth-order valence-corrected chi connectivity index (χ4v) is 2.04. The highest BCUT2D eigenvalue weighted by Gasteiger charge is 2.27. The Bertz CT molecular complexity index is 440. The monoisotopic (exact) mass is 266 g/mol. The van der Waals surface area contributed by atoms with E-state index in [0.717, 1.165) is 6.07 Å². The Balaban J connectivity index is 3.00. The lowest BCUT2D eigenvalue weighted by molar-refractivity contribution is -0.105. The van der Waals surface area contributed by atoms with Crippen LogP contribution in [0.15, 0.2) is 17.0 Å². The second-order valence-electron chi connectivity index (χ2n) is 3.56. The Morgan fingerprint density at radius 2 is 1.94 bits per heavy atom. The third-order valence-electron chi connectivity index (χ3n) is 2.04. The first-order valence-electron chi connectivity index (χ1n) is 4.71. The van der Waals surface area contributed by atoms with Crippen LogP contribution in [0.4, 0.5) is 17.6 Å². The van der Waals surface area contributed by atoms with Crippen LogP contribution >= 0.6 is 11.8 Å². The second kappa shape index (κ2) is 5.08. The van der Waals surface area contributed by atoms with Crippen LogP contribution in [0, 0.1) is 12.7 Å². The van der Waals surface area contributed by atoms with Gasteiger partial charge in [-0.25, -0.2) is 4.39 Å². The van der Waals surface area contributed by atoms with E-state index >= 15 is 0 Å². The van der Waals surface area contributed by atoms with Gasteiger partial charge in [0.15, 0.2) is 5.78 Å². The first-order valence-corrected chi connectivity index (χ1v) is 5.70. The molecule has 94 valence electrons. The maximum Gasteiger partial charge on any atom is 0.398 e. The number of alkyl halides is 3. The van der Waals surface area contributed by atoms with Gasteiger partial charge in [0.05, 0.1) is 11.3 Å². The summed E-state index contributed by atoms with van der Waals surface area (Å²) < 4.78 is 49.5. The average molecular weight is 266 g/mol. The smallest absolute Gasteiger partial charge is 0.294 e. The van der Waals surface area contributed by atoms with Gasteiger partial charge in [-0.3, -0.25) is 4.79 Å². The number of carbonyl (C=O) groups excluding carboxylic acids is 1. The standard InChI is InChI=1S/C11H10F4OS/c1-6-3-9(12)8(7(2)16)4-10(6)17-5-11(13,14)15/h3-4H,5H2,1-2H3. The van der Waals surface area contributed by atoms with Crippen molar-refractivity contribution < 1.29 is 22.4 Å². The van der Waals surface area contributed by atoms with E-state index < -0.39 is 23.5 Å². The number of Topliss-reactive ketones (excluding diaryl/α,β-unsaturated/α-hetero) is 1. The molecular weight excluding hydrogens is 256 g/mol. The largest absolute Gasteiger partial charge is 0.398 e. The van der Waals surface area contributed by atoms with Crippen molar-refractivity contribution in [2.45, 2.75) is 24.9 Å². The lowest BCUT2D eigenvalue weighted by Gasteiger charge is -2.10. The summed E-state index contributed by atoms with van der Waals surface area (Å²) in [7, 11) is 0. The lowest BCUT2D eigenvalue weighted by atomic mass is 10.1. The van der Waals surface area contributed by atoms with Gasteiger partial charge in [-0.05, 0) is 31.5 Å². The number of hydrogen-bond donors (Lipinski definition) is 0. The zero-order chi connectivity index (χ0) is 13.2. The molecule has 1 aromatic rings. The molecule has 0 unspecified atom stereocenters. The maximum absolute atomic E-state index is 13.3. The van der Waals surface area contributed by atoms with Crippen molar-refractivity contribution in [1.29, 1.82) is 0 Å². The van der Waals surface area contributed by atoms with Crippen LogP contribution in [0.25, 0.3) is 0 Å². The van der Waals surface area contributed by atoms with Gasteiger partial charge in [0.2, 0.25) is 0 Å². The van der Waals surface area contributed by atoms with Crippen molar-refractivity contribution in [2.24, 2.45) is 0 Å². The summed E-state index contributed by atoms with van der Waals surface area (Å²) >= 11 is 0.550. The number of halogens is 4. The minimum absolute atomic E-state index is 0.180. The number of ketones is 1. The van der Waals surface area contributed by atoms with Gasteiger partial charge in [0.1, 0.15) is 5.82 Å². The molecule has 0 amide bonds. The van der Waals surface area contributed by atoms with Crippen LogP contribution < -0.4 is 0 Å². The SMILES string of the molecule is CC(=O)c1cc(SCC(F)(F)F)c(C)cc1F. The third-order valence-corrected chi connectivity index (χ3v) is 3.26. The highest BCUT2D eigenvalue weighted by Crippen LogP contribution is 2.31. The topological polar surface area (TPSA) is 17.1 Å². The van der Waals surface area contributed by atoms with E-state index in [1.807, 2.05) is 0 Å². The van der Waals surface area contributed by atoms with E-state index in [4.69, 9.17) is 0 Å². The van der Waals surface area contributed by atoms with Crippen LogP contribution in [0.1, 0.15) is 22.8 Å². The van der Waals surface area contributed by atoms with Gasteiger partial charge in [0, 0.05) is 4.90 Å². The summed E-state index contributed by atoms with van der Waals surface area (Å²) in [5, 5.41) is 0. The first-order chi connectivity index (χ1) is 7.70. The predicted octanol–water partition coefficient (Wildman–Crippen LogP) is 3.99. The number of thioether (sulfide) groups is 1. The molecule has 0 aromatic heterocycles. The number of aryl methyl sites for hydroxylation is 1. The van der Waals surface area contributed by atoms with Crippen molar-refractivity contribution in [3.8, 4) is 0 Å². The number of carbonyl (C=O) groups is 1. The van der Waals surface area contributed by atoms with Crippen LogP contribution in [-0.2, 0) is 0 Å².